The minimum atomic E-state index is -3.70. The maximum Gasteiger partial charge on any atom is 0.232 e. The predicted octanol–water partition coefficient (Wildman–Crippen LogP) is 3.65. The van der Waals surface area contributed by atoms with E-state index in [4.69, 9.17) is 27.7 Å². The van der Waals surface area contributed by atoms with E-state index in [1.54, 1.807) is 0 Å². The third-order valence-corrected chi connectivity index (χ3v) is 4.98. The molecule has 0 aliphatic heterocycles. The van der Waals surface area contributed by atoms with Crippen molar-refractivity contribution in [3.8, 4) is 0 Å². The predicted molar refractivity (Wildman–Crippen MR) is 80.3 cm³/mol. The van der Waals surface area contributed by atoms with Gasteiger partial charge in [-0.15, -0.1) is 0 Å². The summed E-state index contributed by atoms with van der Waals surface area (Å²) in [6.45, 7) is 5.69. The molecule has 0 aliphatic carbocycles. The van der Waals surface area contributed by atoms with Gasteiger partial charge in [-0.25, -0.2) is 8.42 Å². The van der Waals surface area contributed by atoms with E-state index in [-0.39, 0.29) is 21.2 Å². The number of hydrogen-bond donors (Lipinski definition) is 0. The molecular weight excluding hydrogens is 335 g/mol. The Labute approximate surface area is 133 Å². The molecule has 0 atom stereocenters. The SMILES string of the molecule is CC(C)(C)c1nc(CS(=O)(=O)c2cc(Cl)ccc2Cl)no1. The smallest absolute Gasteiger partial charge is 0.232 e. The molecule has 2 rings (SSSR count). The van der Waals surface area contributed by atoms with E-state index in [9.17, 15) is 8.42 Å². The zero-order valence-corrected chi connectivity index (χ0v) is 14.1. The summed E-state index contributed by atoms with van der Waals surface area (Å²) in [6, 6.07) is 4.27. The number of halogens is 2. The zero-order valence-electron chi connectivity index (χ0n) is 11.7. The van der Waals surface area contributed by atoms with Crippen LogP contribution in [0.5, 0.6) is 0 Å². The molecule has 0 bridgehead atoms. The van der Waals surface area contributed by atoms with Crippen LogP contribution in [0.2, 0.25) is 10.0 Å². The molecule has 0 N–H and O–H groups in total. The van der Waals surface area contributed by atoms with E-state index in [2.05, 4.69) is 10.1 Å². The Morgan fingerprint density at radius 3 is 2.48 bits per heavy atom. The highest BCUT2D eigenvalue weighted by molar-refractivity contribution is 7.90. The molecule has 0 spiro atoms. The van der Waals surface area contributed by atoms with Gasteiger partial charge in [-0.05, 0) is 18.2 Å². The van der Waals surface area contributed by atoms with Gasteiger partial charge < -0.3 is 4.52 Å². The summed E-state index contributed by atoms with van der Waals surface area (Å²) < 4.78 is 29.8. The largest absolute Gasteiger partial charge is 0.339 e. The number of hydrogen-bond acceptors (Lipinski definition) is 5. The van der Waals surface area contributed by atoms with Crippen molar-refractivity contribution in [1.29, 1.82) is 0 Å². The van der Waals surface area contributed by atoms with E-state index < -0.39 is 15.6 Å². The minimum absolute atomic E-state index is 0.0428. The maximum atomic E-state index is 12.4. The van der Waals surface area contributed by atoms with Gasteiger partial charge in [0.25, 0.3) is 0 Å². The quantitative estimate of drug-likeness (QED) is 0.846. The molecule has 1 aromatic heterocycles. The molecule has 1 aromatic carbocycles. The highest BCUT2D eigenvalue weighted by atomic mass is 35.5. The summed E-state index contributed by atoms with van der Waals surface area (Å²) >= 11 is 11.7. The van der Waals surface area contributed by atoms with Crippen LogP contribution in [0.4, 0.5) is 0 Å². The third kappa shape index (κ3) is 3.75. The standard InChI is InChI=1S/C13H14Cl2N2O3S/c1-13(2,3)12-16-11(17-20-12)7-21(18,19)10-6-8(14)4-5-9(10)15/h4-6H,7H2,1-3H3. The first-order valence-corrected chi connectivity index (χ1v) is 8.51. The van der Waals surface area contributed by atoms with Crippen LogP contribution in [0.3, 0.4) is 0 Å². The molecule has 0 fully saturated rings. The van der Waals surface area contributed by atoms with Crippen molar-refractivity contribution in [2.45, 2.75) is 36.8 Å². The van der Waals surface area contributed by atoms with Gasteiger partial charge in [0.1, 0.15) is 5.75 Å². The first-order chi connectivity index (χ1) is 9.59. The first-order valence-electron chi connectivity index (χ1n) is 6.10. The number of sulfone groups is 1. The minimum Gasteiger partial charge on any atom is -0.339 e. The lowest BCUT2D eigenvalue weighted by atomic mass is 9.97. The van der Waals surface area contributed by atoms with E-state index in [0.29, 0.717) is 10.9 Å². The third-order valence-electron chi connectivity index (χ3n) is 2.66. The highest BCUT2D eigenvalue weighted by Crippen LogP contribution is 2.28. The Hall–Kier alpha value is -1.11. The molecule has 0 unspecified atom stereocenters. The lowest BCUT2D eigenvalue weighted by Crippen LogP contribution is -2.12. The molecule has 8 heteroatoms. The molecule has 0 amide bonds. The molecular formula is C13H14Cl2N2O3S. The fourth-order valence-corrected chi connectivity index (χ4v) is 3.57. The molecule has 0 saturated carbocycles. The van der Waals surface area contributed by atoms with E-state index in [1.807, 2.05) is 20.8 Å². The molecule has 21 heavy (non-hydrogen) atoms. The number of benzene rings is 1. The summed E-state index contributed by atoms with van der Waals surface area (Å²) in [5, 5.41) is 4.11. The Morgan fingerprint density at radius 2 is 1.90 bits per heavy atom. The van der Waals surface area contributed by atoms with Gasteiger partial charge in [0, 0.05) is 10.4 Å². The van der Waals surface area contributed by atoms with E-state index in [1.165, 1.54) is 18.2 Å². The van der Waals surface area contributed by atoms with Gasteiger partial charge in [0.05, 0.1) is 9.92 Å². The van der Waals surface area contributed by atoms with Crippen LogP contribution in [0.15, 0.2) is 27.6 Å². The average Bonchev–Trinajstić information content (AvgIpc) is 2.79. The molecule has 5 nitrogen and oxygen atoms in total. The second-order valence-electron chi connectivity index (χ2n) is 5.60. The van der Waals surface area contributed by atoms with Crippen molar-refractivity contribution >= 4 is 33.0 Å². The van der Waals surface area contributed by atoms with Crippen LogP contribution in [-0.2, 0) is 21.0 Å². The zero-order chi connectivity index (χ0) is 15.8. The summed E-state index contributed by atoms with van der Waals surface area (Å²) in [7, 11) is -3.70. The highest BCUT2D eigenvalue weighted by Gasteiger charge is 2.26. The van der Waals surface area contributed by atoms with Crippen LogP contribution in [0, 0.1) is 0 Å². The monoisotopic (exact) mass is 348 g/mol. The van der Waals surface area contributed by atoms with Gasteiger partial charge in [0.15, 0.2) is 15.7 Å². The Kier molecular flexibility index (Phi) is 4.33. The Morgan fingerprint density at radius 1 is 1.24 bits per heavy atom. The van der Waals surface area contributed by atoms with Crippen molar-refractivity contribution in [1.82, 2.24) is 10.1 Å². The topological polar surface area (TPSA) is 73.1 Å². The number of nitrogens with zero attached hydrogens (tertiary/aromatic N) is 2. The number of aromatic nitrogens is 2. The molecule has 2 aromatic rings. The summed E-state index contributed by atoms with van der Waals surface area (Å²) in [6.07, 6.45) is 0. The summed E-state index contributed by atoms with van der Waals surface area (Å²) in [5.41, 5.74) is -0.345. The van der Waals surface area contributed by atoms with Gasteiger partial charge in [-0.2, -0.15) is 4.98 Å². The van der Waals surface area contributed by atoms with Gasteiger partial charge in [0.2, 0.25) is 5.89 Å². The molecule has 1 heterocycles. The summed E-state index contributed by atoms with van der Waals surface area (Å²) in [5.74, 6) is 0.0768. The van der Waals surface area contributed by atoms with Crippen LogP contribution in [-0.4, -0.2) is 18.6 Å². The maximum absolute atomic E-state index is 12.4. The number of rotatable bonds is 3. The van der Waals surface area contributed by atoms with Crippen LogP contribution < -0.4 is 0 Å². The van der Waals surface area contributed by atoms with Crippen molar-refractivity contribution in [3.05, 3.63) is 40.0 Å². The van der Waals surface area contributed by atoms with Gasteiger partial charge >= 0.3 is 0 Å². The van der Waals surface area contributed by atoms with Gasteiger partial charge in [-0.1, -0.05) is 49.1 Å². The Bertz CT molecular complexity index is 764. The normalized spacial score (nSPS) is 12.6. The lowest BCUT2D eigenvalue weighted by molar-refractivity contribution is 0.319. The first kappa shape index (κ1) is 16.3. The second-order valence-corrected chi connectivity index (χ2v) is 8.40. The average molecular weight is 349 g/mol. The van der Waals surface area contributed by atoms with E-state index in [0.717, 1.165) is 0 Å². The molecule has 0 radical (unpaired) electrons. The van der Waals surface area contributed by atoms with E-state index >= 15 is 0 Å². The van der Waals surface area contributed by atoms with Crippen molar-refractivity contribution in [2.24, 2.45) is 0 Å². The molecule has 0 saturated heterocycles. The van der Waals surface area contributed by atoms with Crippen molar-refractivity contribution < 1.29 is 12.9 Å². The molecule has 0 aliphatic rings. The molecule has 114 valence electrons. The summed E-state index contributed by atoms with van der Waals surface area (Å²) in [4.78, 5) is 4.07. The lowest BCUT2D eigenvalue weighted by Gasteiger charge is -2.10. The van der Waals surface area contributed by atoms with Crippen molar-refractivity contribution in [3.63, 3.8) is 0 Å². The fourth-order valence-electron chi connectivity index (χ4n) is 1.58. The van der Waals surface area contributed by atoms with Crippen LogP contribution in [0.25, 0.3) is 0 Å². The fraction of sp³-hybridized carbons (Fsp3) is 0.385. The Balaban J connectivity index is 2.34. The van der Waals surface area contributed by atoms with Crippen molar-refractivity contribution in [2.75, 3.05) is 0 Å². The second kappa shape index (κ2) is 5.59. The van der Waals surface area contributed by atoms with Crippen LogP contribution >= 0.6 is 23.2 Å². The van der Waals surface area contributed by atoms with Gasteiger partial charge in [-0.3, -0.25) is 0 Å². The van der Waals surface area contributed by atoms with Crippen LogP contribution in [0.1, 0.15) is 32.5 Å².